The first-order chi connectivity index (χ1) is 10.5. The van der Waals surface area contributed by atoms with Crippen LogP contribution in [-0.4, -0.2) is 28.2 Å². The molecule has 1 aromatic heterocycles. The van der Waals surface area contributed by atoms with Crippen molar-refractivity contribution in [1.82, 2.24) is 14.9 Å². The SMILES string of the molecule is CC(C)Oc1ccc(NC(=O)NCCn2ccnc2)c(Cl)c1. The predicted octanol–water partition coefficient (Wildman–Crippen LogP) is 3.15. The molecule has 7 heteroatoms. The standard InChI is InChI=1S/C15H19ClN4O2/c1-11(2)22-12-3-4-14(13(16)9-12)19-15(21)18-6-8-20-7-5-17-10-20/h3-5,7,9-11H,6,8H2,1-2H3,(H2,18,19,21). The van der Waals surface area contributed by atoms with Crippen molar-refractivity contribution in [3.63, 3.8) is 0 Å². The molecule has 0 aliphatic carbocycles. The summed E-state index contributed by atoms with van der Waals surface area (Å²) in [6.45, 7) is 5.03. The first-order valence-corrected chi connectivity index (χ1v) is 7.39. The number of rotatable bonds is 6. The second kappa shape index (κ2) is 7.70. The number of nitrogens with one attached hydrogen (secondary N) is 2. The van der Waals surface area contributed by atoms with E-state index in [9.17, 15) is 4.79 Å². The lowest BCUT2D eigenvalue weighted by Gasteiger charge is -2.13. The van der Waals surface area contributed by atoms with Crippen LogP contribution in [0.3, 0.4) is 0 Å². The van der Waals surface area contributed by atoms with Crippen LogP contribution in [0, 0.1) is 0 Å². The molecule has 1 heterocycles. The first-order valence-electron chi connectivity index (χ1n) is 7.01. The van der Waals surface area contributed by atoms with Gasteiger partial charge in [0.15, 0.2) is 0 Å². The van der Waals surface area contributed by atoms with E-state index in [4.69, 9.17) is 16.3 Å². The lowest BCUT2D eigenvalue weighted by atomic mass is 10.3. The topological polar surface area (TPSA) is 68.2 Å². The summed E-state index contributed by atoms with van der Waals surface area (Å²) in [6, 6.07) is 4.87. The minimum atomic E-state index is -0.306. The van der Waals surface area contributed by atoms with Crippen molar-refractivity contribution in [3.05, 3.63) is 41.9 Å². The van der Waals surface area contributed by atoms with E-state index in [1.807, 2.05) is 24.6 Å². The van der Waals surface area contributed by atoms with Gasteiger partial charge in [0.1, 0.15) is 5.75 Å². The van der Waals surface area contributed by atoms with Crippen molar-refractivity contribution < 1.29 is 9.53 Å². The van der Waals surface area contributed by atoms with E-state index < -0.39 is 0 Å². The van der Waals surface area contributed by atoms with Gasteiger partial charge in [-0.15, -0.1) is 0 Å². The van der Waals surface area contributed by atoms with Gasteiger partial charge in [-0.3, -0.25) is 0 Å². The maximum Gasteiger partial charge on any atom is 0.319 e. The van der Waals surface area contributed by atoms with Crippen LogP contribution in [0.15, 0.2) is 36.9 Å². The summed E-state index contributed by atoms with van der Waals surface area (Å²) in [5.41, 5.74) is 0.540. The van der Waals surface area contributed by atoms with Gasteiger partial charge in [-0.25, -0.2) is 9.78 Å². The molecule has 22 heavy (non-hydrogen) atoms. The Morgan fingerprint density at radius 3 is 2.91 bits per heavy atom. The maximum absolute atomic E-state index is 11.8. The summed E-state index contributed by atoms with van der Waals surface area (Å²) in [5, 5.41) is 5.90. The van der Waals surface area contributed by atoms with E-state index in [0.717, 1.165) is 0 Å². The summed E-state index contributed by atoms with van der Waals surface area (Å²) < 4.78 is 7.42. The third-order valence-corrected chi connectivity index (χ3v) is 3.09. The lowest BCUT2D eigenvalue weighted by molar-refractivity contribution is 0.242. The lowest BCUT2D eigenvalue weighted by Crippen LogP contribution is -2.31. The Morgan fingerprint density at radius 2 is 2.27 bits per heavy atom. The van der Waals surface area contributed by atoms with Crippen LogP contribution in [0.5, 0.6) is 5.75 Å². The molecule has 0 aliphatic heterocycles. The molecule has 0 fully saturated rings. The zero-order valence-corrected chi connectivity index (χ0v) is 13.3. The molecule has 0 radical (unpaired) electrons. The van der Waals surface area contributed by atoms with Gasteiger partial charge in [0.25, 0.3) is 0 Å². The Kier molecular flexibility index (Phi) is 5.66. The molecule has 2 rings (SSSR count). The van der Waals surface area contributed by atoms with Crippen molar-refractivity contribution in [2.24, 2.45) is 0 Å². The van der Waals surface area contributed by atoms with Crippen molar-refractivity contribution >= 4 is 23.3 Å². The highest BCUT2D eigenvalue weighted by Crippen LogP contribution is 2.27. The van der Waals surface area contributed by atoms with Crippen LogP contribution in [0.25, 0.3) is 0 Å². The van der Waals surface area contributed by atoms with Crippen LogP contribution in [0.2, 0.25) is 5.02 Å². The minimum Gasteiger partial charge on any atom is -0.491 e. The van der Waals surface area contributed by atoms with Crippen molar-refractivity contribution in [2.45, 2.75) is 26.5 Å². The number of urea groups is 1. The van der Waals surface area contributed by atoms with Crippen molar-refractivity contribution in [1.29, 1.82) is 0 Å². The molecule has 2 aromatic rings. The third kappa shape index (κ3) is 4.96. The summed E-state index contributed by atoms with van der Waals surface area (Å²) >= 11 is 6.14. The summed E-state index contributed by atoms with van der Waals surface area (Å²) in [6.07, 6.45) is 5.30. The molecule has 0 spiro atoms. The number of carbonyl (C=O) groups excluding carboxylic acids is 1. The van der Waals surface area contributed by atoms with E-state index >= 15 is 0 Å². The molecule has 1 aromatic carbocycles. The molecule has 0 bridgehead atoms. The van der Waals surface area contributed by atoms with Crippen LogP contribution in [0.1, 0.15) is 13.8 Å². The Morgan fingerprint density at radius 1 is 1.45 bits per heavy atom. The van der Waals surface area contributed by atoms with Gasteiger partial charge in [0.05, 0.1) is 23.1 Å². The van der Waals surface area contributed by atoms with Crippen molar-refractivity contribution in [2.75, 3.05) is 11.9 Å². The van der Waals surface area contributed by atoms with Gasteiger partial charge in [0, 0.05) is 31.5 Å². The van der Waals surface area contributed by atoms with Gasteiger partial charge >= 0.3 is 6.03 Å². The highest BCUT2D eigenvalue weighted by molar-refractivity contribution is 6.33. The molecule has 0 atom stereocenters. The molecular formula is C15H19ClN4O2. The average Bonchev–Trinajstić information content (AvgIpc) is 2.94. The Hall–Kier alpha value is -2.21. The number of imidazole rings is 1. The number of anilines is 1. The molecule has 0 unspecified atom stereocenters. The number of halogens is 1. The van der Waals surface area contributed by atoms with Crippen LogP contribution in [-0.2, 0) is 6.54 Å². The highest BCUT2D eigenvalue weighted by Gasteiger charge is 2.07. The van der Waals surface area contributed by atoms with Crippen LogP contribution >= 0.6 is 11.6 Å². The monoisotopic (exact) mass is 322 g/mol. The molecule has 0 saturated carbocycles. The fourth-order valence-electron chi connectivity index (χ4n) is 1.83. The van der Waals surface area contributed by atoms with Gasteiger partial charge in [-0.05, 0) is 26.0 Å². The number of hydrogen-bond donors (Lipinski definition) is 2. The molecular weight excluding hydrogens is 304 g/mol. The van der Waals surface area contributed by atoms with E-state index in [1.165, 1.54) is 0 Å². The zero-order valence-electron chi connectivity index (χ0n) is 12.5. The smallest absolute Gasteiger partial charge is 0.319 e. The van der Waals surface area contributed by atoms with Gasteiger partial charge < -0.3 is 19.9 Å². The molecule has 6 nitrogen and oxygen atoms in total. The van der Waals surface area contributed by atoms with Gasteiger partial charge in [-0.2, -0.15) is 0 Å². The quantitative estimate of drug-likeness (QED) is 0.858. The molecule has 0 aliphatic rings. The second-order valence-electron chi connectivity index (χ2n) is 4.99. The van der Waals surface area contributed by atoms with Gasteiger partial charge in [-0.1, -0.05) is 11.6 Å². The predicted molar refractivity (Wildman–Crippen MR) is 86.5 cm³/mol. The zero-order chi connectivity index (χ0) is 15.9. The fraction of sp³-hybridized carbons (Fsp3) is 0.333. The van der Waals surface area contributed by atoms with Crippen LogP contribution in [0.4, 0.5) is 10.5 Å². The second-order valence-corrected chi connectivity index (χ2v) is 5.40. The van der Waals surface area contributed by atoms with Crippen LogP contribution < -0.4 is 15.4 Å². The molecule has 118 valence electrons. The summed E-state index contributed by atoms with van der Waals surface area (Å²) in [7, 11) is 0. The maximum atomic E-state index is 11.8. The third-order valence-electron chi connectivity index (χ3n) is 2.78. The molecule has 0 saturated heterocycles. The Labute approximate surface area is 134 Å². The number of ether oxygens (including phenoxy) is 1. The first kappa shape index (κ1) is 16.2. The number of hydrogen-bond acceptors (Lipinski definition) is 3. The number of carbonyl (C=O) groups is 1. The average molecular weight is 323 g/mol. The number of benzene rings is 1. The molecule has 2 amide bonds. The van der Waals surface area contributed by atoms with E-state index in [-0.39, 0.29) is 12.1 Å². The largest absolute Gasteiger partial charge is 0.491 e. The highest BCUT2D eigenvalue weighted by atomic mass is 35.5. The Bertz CT molecular complexity index is 614. The molecule has 2 N–H and O–H groups in total. The number of amides is 2. The number of aromatic nitrogens is 2. The van der Waals surface area contributed by atoms with E-state index in [0.29, 0.717) is 29.5 Å². The van der Waals surface area contributed by atoms with Gasteiger partial charge in [0.2, 0.25) is 0 Å². The van der Waals surface area contributed by atoms with Crippen molar-refractivity contribution in [3.8, 4) is 5.75 Å². The fourth-order valence-corrected chi connectivity index (χ4v) is 2.04. The number of nitrogens with zero attached hydrogens (tertiary/aromatic N) is 2. The summed E-state index contributed by atoms with van der Waals surface area (Å²) in [4.78, 5) is 15.8. The van der Waals surface area contributed by atoms with E-state index in [2.05, 4.69) is 15.6 Å². The Balaban J connectivity index is 1.83. The minimum absolute atomic E-state index is 0.0707. The normalized spacial score (nSPS) is 10.5. The van der Waals surface area contributed by atoms with E-state index in [1.54, 1.807) is 30.7 Å². The summed E-state index contributed by atoms with van der Waals surface area (Å²) in [5.74, 6) is 0.672.